The van der Waals surface area contributed by atoms with Crippen molar-refractivity contribution in [1.82, 2.24) is 4.98 Å². The molecule has 0 saturated heterocycles. The van der Waals surface area contributed by atoms with Crippen LogP contribution in [0.25, 0.3) is 0 Å². The molecular formula is C9H8F6N2O2. The fourth-order valence-corrected chi connectivity index (χ4v) is 1.45. The Kier molecular flexibility index (Phi) is 4.25. The van der Waals surface area contributed by atoms with Gasteiger partial charge in [-0.25, -0.2) is 0 Å². The van der Waals surface area contributed by atoms with Crippen LogP contribution in [-0.4, -0.2) is 16.5 Å². The molecule has 1 heterocycles. The number of aromatic nitrogens is 1. The lowest BCUT2D eigenvalue weighted by Crippen LogP contribution is -2.22. The van der Waals surface area contributed by atoms with E-state index in [-0.39, 0.29) is 0 Å². The van der Waals surface area contributed by atoms with Gasteiger partial charge in [-0.15, -0.1) is 13.2 Å². The van der Waals surface area contributed by atoms with Crippen LogP contribution in [0, 0.1) is 0 Å². The Labute approximate surface area is 102 Å². The Hall–Kier alpha value is -1.55. The van der Waals surface area contributed by atoms with E-state index < -0.39 is 48.3 Å². The largest absolute Gasteiger partial charge is 0.573 e. The van der Waals surface area contributed by atoms with Gasteiger partial charge in [0.1, 0.15) is 0 Å². The second-order valence-corrected chi connectivity index (χ2v) is 3.33. The van der Waals surface area contributed by atoms with Gasteiger partial charge in [-0.3, -0.25) is 4.98 Å². The molecule has 4 nitrogen and oxygen atoms in total. The molecule has 0 aliphatic carbocycles. The molecule has 0 fully saturated rings. The number of halogens is 6. The Bertz CT molecular complexity index is 457. The van der Waals surface area contributed by atoms with Gasteiger partial charge in [0.2, 0.25) is 0 Å². The number of ether oxygens (including phenoxy) is 1. The molecule has 0 aromatic carbocycles. The second kappa shape index (κ2) is 5.21. The smallest absolute Gasteiger partial charge is 0.404 e. The van der Waals surface area contributed by atoms with Crippen molar-refractivity contribution in [3.63, 3.8) is 0 Å². The zero-order chi connectivity index (χ0) is 14.8. The first-order chi connectivity index (χ1) is 8.60. The summed E-state index contributed by atoms with van der Waals surface area (Å²) in [5.74, 6) is -1.14. The van der Waals surface area contributed by atoms with Crippen LogP contribution < -0.4 is 10.5 Å². The van der Waals surface area contributed by atoms with Crippen molar-refractivity contribution in [3.8, 4) is 5.75 Å². The molecule has 0 radical (unpaired) electrons. The summed E-state index contributed by atoms with van der Waals surface area (Å²) >= 11 is 0. The third-order valence-corrected chi connectivity index (χ3v) is 2.09. The highest BCUT2D eigenvalue weighted by molar-refractivity contribution is 5.42. The van der Waals surface area contributed by atoms with Crippen molar-refractivity contribution in [3.05, 3.63) is 23.0 Å². The maximum atomic E-state index is 12.8. The van der Waals surface area contributed by atoms with E-state index in [1.807, 2.05) is 0 Å². The van der Waals surface area contributed by atoms with Gasteiger partial charge in [-0.1, -0.05) is 0 Å². The lowest BCUT2D eigenvalue weighted by molar-refractivity contribution is -0.275. The molecule has 19 heavy (non-hydrogen) atoms. The maximum Gasteiger partial charge on any atom is 0.573 e. The van der Waals surface area contributed by atoms with Crippen LogP contribution in [0.15, 0.2) is 6.20 Å². The zero-order valence-electron chi connectivity index (χ0n) is 9.14. The van der Waals surface area contributed by atoms with E-state index in [4.69, 9.17) is 10.8 Å². The molecule has 1 rings (SSSR count). The molecule has 0 saturated carbocycles. The zero-order valence-corrected chi connectivity index (χ0v) is 9.14. The summed E-state index contributed by atoms with van der Waals surface area (Å²) in [7, 11) is 0. The van der Waals surface area contributed by atoms with Crippen LogP contribution in [0.5, 0.6) is 5.75 Å². The second-order valence-electron chi connectivity index (χ2n) is 3.33. The summed E-state index contributed by atoms with van der Waals surface area (Å²) in [6, 6.07) is 0. The van der Waals surface area contributed by atoms with Crippen molar-refractivity contribution in [2.45, 2.75) is 25.7 Å². The van der Waals surface area contributed by atoms with Crippen LogP contribution in [0.2, 0.25) is 0 Å². The van der Waals surface area contributed by atoms with E-state index in [2.05, 4.69) is 9.72 Å². The van der Waals surface area contributed by atoms with Gasteiger partial charge < -0.3 is 15.6 Å². The summed E-state index contributed by atoms with van der Waals surface area (Å²) in [6.45, 7) is -1.94. The van der Waals surface area contributed by atoms with E-state index in [1.54, 1.807) is 0 Å². The quantitative estimate of drug-likeness (QED) is 0.835. The van der Waals surface area contributed by atoms with Gasteiger partial charge >= 0.3 is 12.5 Å². The number of nitrogens with two attached hydrogens (primary N) is 1. The number of rotatable bonds is 3. The third kappa shape index (κ3) is 3.70. The van der Waals surface area contributed by atoms with Gasteiger partial charge in [-0.2, -0.15) is 13.2 Å². The number of aliphatic hydroxyl groups is 1. The first-order valence-electron chi connectivity index (χ1n) is 4.74. The molecule has 0 amide bonds. The summed E-state index contributed by atoms with van der Waals surface area (Å²) in [6.07, 6.45) is -9.74. The molecule has 1 aromatic heterocycles. The topological polar surface area (TPSA) is 68.4 Å². The number of pyridine rings is 1. The van der Waals surface area contributed by atoms with Gasteiger partial charge in [0.05, 0.1) is 24.1 Å². The van der Waals surface area contributed by atoms with Crippen LogP contribution in [0.1, 0.15) is 16.8 Å². The first kappa shape index (κ1) is 15.5. The van der Waals surface area contributed by atoms with Crippen LogP contribution >= 0.6 is 0 Å². The van der Waals surface area contributed by atoms with Crippen LogP contribution in [0.3, 0.4) is 0 Å². The van der Waals surface area contributed by atoms with Gasteiger partial charge in [0.25, 0.3) is 0 Å². The van der Waals surface area contributed by atoms with Crippen molar-refractivity contribution in [2.24, 2.45) is 5.73 Å². The average Bonchev–Trinajstić information content (AvgIpc) is 2.25. The minimum Gasteiger partial charge on any atom is -0.404 e. The standard InChI is InChI=1S/C9H8F6N2O2/c10-8(11,12)7-4(1-16)6(19-9(13,14)15)2-17-5(7)3-18/h2,18H,1,3,16H2. The monoisotopic (exact) mass is 290 g/mol. The summed E-state index contributed by atoms with van der Waals surface area (Å²) in [5, 5.41) is 8.76. The molecule has 0 spiro atoms. The lowest BCUT2D eigenvalue weighted by Gasteiger charge is -2.19. The fraction of sp³-hybridized carbons (Fsp3) is 0.444. The number of hydrogen-bond acceptors (Lipinski definition) is 4. The van der Waals surface area contributed by atoms with Crippen molar-refractivity contribution in [2.75, 3.05) is 0 Å². The highest BCUT2D eigenvalue weighted by Crippen LogP contribution is 2.38. The van der Waals surface area contributed by atoms with Crippen LogP contribution in [0.4, 0.5) is 26.3 Å². The van der Waals surface area contributed by atoms with Crippen molar-refractivity contribution in [1.29, 1.82) is 0 Å². The number of hydrogen-bond donors (Lipinski definition) is 2. The third-order valence-electron chi connectivity index (χ3n) is 2.09. The lowest BCUT2D eigenvalue weighted by atomic mass is 10.1. The number of aliphatic hydroxyl groups excluding tert-OH is 1. The SMILES string of the molecule is NCc1c(OC(F)(F)F)cnc(CO)c1C(F)(F)F. The van der Waals surface area contributed by atoms with E-state index in [1.165, 1.54) is 0 Å². The molecule has 0 unspecified atom stereocenters. The Morgan fingerprint density at radius 2 is 1.79 bits per heavy atom. The molecule has 108 valence electrons. The molecular weight excluding hydrogens is 282 g/mol. The predicted octanol–water partition coefficient (Wildman–Crippen LogP) is 1.95. The van der Waals surface area contributed by atoms with E-state index in [0.717, 1.165) is 0 Å². The Balaban J connectivity index is 3.45. The highest BCUT2D eigenvalue weighted by atomic mass is 19.4. The average molecular weight is 290 g/mol. The van der Waals surface area contributed by atoms with Gasteiger partial charge in [0.15, 0.2) is 5.75 Å². The number of alkyl halides is 6. The van der Waals surface area contributed by atoms with E-state index in [9.17, 15) is 26.3 Å². The summed E-state index contributed by atoms with van der Waals surface area (Å²) < 4.78 is 77.8. The fourth-order valence-electron chi connectivity index (χ4n) is 1.45. The molecule has 0 aliphatic rings. The van der Waals surface area contributed by atoms with Gasteiger partial charge in [-0.05, 0) is 0 Å². The molecule has 10 heteroatoms. The predicted molar refractivity (Wildman–Crippen MR) is 49.7 cm³/mol. The minimum absolute atomic E-state index is 0.441. The Morgan fingerprint density at radius 3 is 2.16 bits per heavy atom. The summed E-state index contributed by atoms with van der Waals surface area (Å²) in [5.41, 5.74) is 1.79. The van der Waals surface area contributed by atoms with E-state index >= 15 is 0 Å². The minimum atomic E-state index is -5.17. The molecule has 0 bridgehead atoms. The normalized spacial score (nSPS) is 12.6. The number of nitrogens with zero attached hydrogens (tertiary/aromatic N) is 1. The van der Waals surface area contributed by atoms with Crippen molar-refractivity contribution >= 4 is 0 Å². The van der Waals surface area contributed by atoms with Crippen LogP contribution in [-0.2, 0) is 19.3 Å². The Morgan fingerprint density at radius 1 is 1.21 bits per heavy atom. The van der Waals surface area contributed by atoms with Crippen molar-refractivity contribution < 1.29 is 36.2 Å². The molecule has 1 aromatic rings. The highest BCUT2D eigenvalue weighted by Gasteiger charge is 2.40. The molecule has 0 aliphatic heterocycles. The summed E-state index contributed by atoms with van der Waals surface area (Å²) in [4.78, 5) is 3.11. The molecule has 0 atom stereocenters. The molecule has 3 N–H and O–H groups in total. The van der Waals surface area contributed by atoms with Gasteiger partial charge in [0, 0.05) is 12.1 Å². The first-order valence-corrected chi connectivity index (χ1v) is 4.74. The maximum absolute atomic E-state index is 12.8. The van der Waals surface area contributed by atoms with E-state index in [0.29, 0.717) is 6.20 Å².